The number of nitrogens with zero attached hydrogens (tertiary/aromatic N) is 1. The van der Waals surface area contributed by atoms with Crippen molar-refractivity contribution in [2.24, 2.45) is 0 Å². The molecule has 0 saturated carbocycles. The lowest BCUT2D eigenvalue weighted by molar-refractivity contribution is -0.143. The first-order chi connectivity index (χ1) is 11.9. The van der Waals surface area contributed by atoms with Crippen LogP contribution >= 0.6 is 0 Å². The maximum absolute atomic E-state index is 12.2. The maximum atomic E-state index is 12.2. The van der Waals surface area contributed by atoms with Crippen LogP contribution in [-0.4, -0.2) is 49.8 Å². The Labute approximate surface area is 153 Å². The second-order valence-electron chi connectivity index (χ2n) is 7.53. The Morgan fingerprint density at radius 2 is 1.77 bits per heavy atom. The average Bonchev–Trinajstić information content (AvgIpc) is 2.49. The fraction of sp³-hybridized carbons (Fsp3) is 0.632. The molecule has 1 aromatic rings. The number of benzene rings is 1. The topological polar surface area (TPSA) is 41.6 Å². The number of amides is 1. The SMILES string of the molecule is CC(Oc1ccc(C(C)(C)C)cc1)C(=O)NCCCN(C)CC(F)(F)F. The molecule has 0 aromatic heterocycles. The summed E-state index contributed by atoms with van der Waals surface area (Å²) in [5.74, 6) is 0.314. The largest absolute Gasteiger partial charge is 0.481 e. The molecule has 1 amide bonds. The van der Waals surface area contributed by atoms with Crippen molar-refractivity contribution >= 4 is 5.91 Å². The van der Waals surface area contributed by atoms with E-state index in [1.165, 1.54) is 17.5 Å². The second kappa shape index (κ2) is 9.26. The minimum absolute atomic E-state index is 0.0425. The molecule has 0 aliphatic rings. The van der Waals surface area contributed by atoms with E-state index in [-0.39, 0.29) is 17.9 Å². The number of ether oxygens (including phenoxy) is 1. The van der Waals surface area contributed by atoms with Gasteiger partial charge in [-0.3, -0.25) is 9.69 Å². The number of hydrogen-bond acceptors (Lipinski definition) is 3. The van der Waals surface area contributed by atoms with Crippen molar-refractivity contribution in [2.75, 3.05) is 26.7 Å². The third kappa shape index (κ3) is 8.56. The lowest BCUT2D eigenvalue weighted by atomic mass is 9.87. The number of alkyl halides is 3. The Morgan fingerprint density at radius 3 is 2.27 bits per heavy atom. The first kappa shape index (κ1) is 22.3. The Balaban J connectivity index is 2.35. The fourth-order valence-electron chi connectivity index (χ4n) is 2.38. The zero-order valence-corrected chi connectivity index (χ0v) is 16.1. The predicted octanol–water partition coefficient (Wildman–Crippen LogP) is 3.75. The third-order valence-corrected chi connectivity index (χ3v) is 3.87. The van der Waals surface area contributed by atoms with Crippen LogP contribution in [0.5, 0.6) is 5.75 Å². The van der Waals surface area contributed by atoms with Crippen LogP contribution in [0, 0.1) is 0 Å². The van der Waals surface area contributed by atoms with E-state index in [9.17, 15) is 18.0 Å². The van der Waals surface area contributed by atoms with Crippen molar-refractivity contribution in [3.63, 3.8) is 0 Å². The molecule has 0 heterocycles. The minimum Gasteiger partial charge on any atom is -0.481 e. The van der Waals surface area contributed by atoms with Gasteiger partial charge >= 0.3 is 6.18 Å². The van der Waals surface area contributed by atoms with Crippen LogP contribution in [0.4, 0.5) is 13.2 Å². The van der Waals surface area contributed by atoms with Crippen molar-refractivity contribution in [3.8, 4) is 5.75 Å². The van der Waals surface area contributed by atoms with E-state index < -0.39 is 18.8 Å². The number of rotatable bonds is 8. The standard InChI is InChI=1S/C19H29F3N2O2/c1-14(26-16-9-7-15(8-10-16)18(2,3)4)17(25)23-11-6-12-24(5)13-19(20,21)22/h7-10,14H,6,11-13H2,1-5H3,(H,23,25). The predicted molar refractivity (Wildman–Crippen MR) is 96.4 cm³/mol. The number of carbonyl (C=O) groups is 1. The molecule has 0 radical (unpaired) electrons. The van der Waals surface area contributed by atoms with Crippen LogP contribution in [0.2, 0.25) is 0 Å². The van der Waals surface area contributed by atoms with E-state index >= 15 is 0 Å². The summed E-state index contributed by atoms with van der Waals surface area (Å²) in [4.78, 5) is 13.2. The molecule has 148 valence electrons. The molecule has 0 saturated heterocycles. The van der Waals surface area contributed by atoms with Gasteiger partial charge in [0.2, 0.25) is 0 Å². The maximum Gasteiger partial charge on any atom is 0.401 e. The minimum atomic E-state index is -4.21. The van der Waals surface area contributed by atoms with Gasteiger partial charge in [-0.2, -0.15) is 13.2 Å². The number of carbonyl (C=O) groups excluding carboxylic acids is 1. The Hall–Kier alpha value is -1.76. The molecule has 26 heavy (non-hydrogen) atoms. The van der Waals surface area contributed by atoms with Gasteiger partial charge < -0.3 is 10.1 Å². The molecular formula is C19H29F3N2O2. The van der Waals surface area contributed by atoms with E-state index in [4.69, 9.17) is 4.74 Å². The van der Waals surface area contributed by atoms with Gasteiger partial charge in [-0.15, -0.1) is 0 Å². The molecule has 0 fully saturated rings. The van der Waals surface area contributed by atoms with Gasteiger partial charge in [-0.25, -0.2) is 0 Å². The molecule has 0 spiro atoms. The monoisotopic (exact) mass is 374 g/mol. The number of hydrogen-bond donors (Lipinski definition) is 1. The Morgan fingerprint density at radius 1 is 1.19 bits per heavy atom. The van der Waals surface area contributed by atoms with E-state index in [2.05, 4.69) is 26.1 Å². The molecule has 1 atom stereocenters. The normalized spacial score (nSPS) is 13.6. The van der Waals surface area contributed by atoms with Gasteiger partial charge in [0.05, 0.1) is 6.54 Å². The van der Waals surface area contributed by atoms with Crippen LogP contribution in [0.15, 0.2) is 24.3 Å². The summed E-state index contributed by atoms with van der Waals surface area (Å²) < 4.78 is 42.3. The van der Waals surface area contributed by atoms with Crippen molar-refractivity contribution in [1.29, 1.82) is 0 Å². The van der Waals surface area contributed by atoms with E-state index in [1.807, 2.05) is 24.3 Å². The molecule has 0 aliphatic heterocycles. The highest BCUT2D eigenvalue weighted by Gasteiger charge is 2.28. The van der Waals surface area contributed by atoms with Crippen LogP contribution < -0.4 is 10.1 Å². The fourth-order valence-corrected chi connectivity index (χ4v) is 2.38. The molecule has 1 N–H and O–H groups in total. The molecule has 1 aromatic carbocycles. The van der Waals surface area contributed by atoms with Gasteiger partial charge in [0.1, 0.15) is 5.75 Å². The summed E-state index contributed by atoms with van der Waals surface area (Å²) in [6.07, 6.45) is -4.45. The van der Waals surface area contributed by atoms with Crippen molar-refractivity contribution in [3.05, 3.63) is 29.8 Å². The first-order valence-electron chi connectivity index (χ1n) is 8.69. The second-order valence-corrected chi connectivity index (χ2v) is 7.53. The summed E-state index contributed by atoms with van der Waals surface area (Å²) in [5.41, 5.74) is 1.21. The van der Waals surface area contributed by atoms with E-state index in [0.29, 0.717) is 18.7 Å². The molecule has 0 aliphatic carbocycles. The number of halogens is 3. The third-order valence-electron chi connectivity index (χ3n) is 3.87. The zero-order valence-electron chi connectivity index (χ0n) is 16.1. The highest BCUT2D eigenvalue weighted by Crippen LogP contribution is 2.24. The van der Waals surface area contributed by atoms with Crippen molar-refractivity contribution in [1.82, 2.24) is 10.2 Å². The van der Waals surface area contributed by atoms with Crippen LogP contribution in [0.3, 0.4) is 0 Å². The smallest absolute Gasteiger partial charge is 0.401 e. The lowest BCUT2D eigenvalue weighted by Gasteiger charge is -2.20. The summed E-state index contributed by atoms with van der Waals surface area (Å²) >= 11 is 0. The van der Waals surface area contributed by atoms with Gasteiger partial charge in [0.25, 0.3) is 5.91 Å². The Kier molecular flexibility index (Phi) is 7.93. The lowest BCUT2D eigenvalue weighted by Crippen LogP contribution is -2.38. The van der Waals surface area contributed by atoms with Crippen LogP contribution in [0.25, 0.3) is 0 Å². The van der Waals surface area contributed by atoms with Gasteiger partial charge in [-0.1, -0.05) is 32.9 Å². The molecule has 7 heteroatoms. The molecule has 4 nitrogen and oxygen atoms in total. The van der Waals surface area contributed by atoms with Crippen LogP contribution in [0.1, 0.15) is 39.7 Å². The number of nitrogens with one attached hydrogen (secondary N) is 1. The van der Waals surface area contributed by atoms with Gasteiger partial charge in [0, 0.05) is 6.54 Å². The van der Waals surface area contributed by atoms with Crippen molar-refractivity contribution in [2.45, 2.75) is 51.8 Å². The van der Waals surface area contributed by atoms with Gasteiger partial charge in [0.15, 0.2) is 6.10 Å². The molecule has 0 bridgehead atoms. The molecular weight excluding hydrogens is 345 g/mol. The van der Waals surface area contributed by atoms with E-state index in [0.717, 1.165) is 0 Å². The molecule has 1 rings (SSSR count). The van der Waals surface area contributed by atoms with Crippen molar-refractivity contribution < 1.29 is 22.7 Å². The van der Waals surface area contributed by atoms with Gasteiger partial charge in [-0.05, 0) is 50.0 Å². The highest BCUT2D eigenvalue weighted by atomic mass is 19.4. The summed E-state index contributed by atoms with van der Waals surface area (Å²) in [7, 11) is 1.41. The quantitative estimate of drug-likeness (QED) is 0.705. The zero-order chi connectivity index (χ0) is 20.0. The van der Waals surface area contributed by atoms with E-state index in [1.54, 1.807) is 6.92 Å². The first-order valence-corrected chi connectivity index (χ1v) is 8.69. The highest BCUT2D eigenvalue weighted by molar-refractivity contribution is 5.80. The summed E-state index contributed by atoms with van der Waals surface area (Å²) in [5, 5.41) is 2.68. The summed E-state index contributed by atoms with van der Waals surface area (Å²) in [6.45, 7) is 7.59. The average molecular weight is 374 g/mol. The Bertz CT molecular complexity index is 566. The molecule has 1 unspecified atom stereocenters. The van der Waals surface area contributed by atoms with Crippen LogP contribution in [-0.2, 0) is 10.2 Å². The summed E-state index contributed by atoms with van der Waals surface area (Å²) in [6, 6.07) is 7.60.